The molecule has 1 aliphatic heterocycles. The molecule has 0 spiro atoms. The number of aliphatic hydroxyl groups is 1. The summed E-state index contributed by atoms with van der Waals surface area (Å²) in [5, 5.41) is 9.13. The summed E-state index contributed by atoms with van der Waals surface area (Å²) in [4.78, 5) is 15.5. The topological polar surface area (TPSA) is 53.0 Å². The van der Waals surface area contributed by atoms with Gasteiger partial charge in [-0.1, -0.05) is 0 Å². The van der Waals surface area contributed by atoms with Crippen LogP contribution < -0.4 is 0 Å². The van der Waals surface area contributed by atoms with Gasteiger partial charge >= 0.3 is 0 Å². The maximum atomic E-state index is 11.9. The SMILES string of the molecule is CN(C)CC(=O)N1CC(CO)OC(C)(C)C1. The maximum absolute atomic E-state index is 11.9. The molecular weight excluding hydrogens is 208 g/mol. The number of nitrogens with zero attached hydrogens (tertiary/aromatic N) is 2. The Balaban J connectivity index is 2.62. The zero-order valence-corrected chi connectivity index (χ0v) is 10.6. The van der Waals surface area contributed by atoms with E-state index in [1.54, 1.807) is 4.90 Å². The number of aliphatic hydroxyl groups excluding tert-OH is 1. The minimum absolute atomic E-state index is 0.0465. The summed E-state index contributed by atoms with van der Waals surface area (Å²) in [6.45, 7) is 5.28. The van der Waals surface area contributed by atoms with Gasteiger partial charge in [0.2, 0.25) is 5.91 Å². The van der Waals surface area contributed by atoms with E-state index in [-0.39, 0.29) is 24.2 Å². The van der Waals surface area contributed by atoms with Crippen molar-refractivity contribution in [2.24, 2.45) is 0 Å². The molecule has 1 atom stereocenters. The molecule has 1 unspecified atom stereocenters. The van der Waals surface area contributed by atoms with Crippen LogP contribution >= 0.6 is 0 Å². The van der Waals surface area contributed by atoms with E-state index in [9.17, 15) is 4.79 Å². The summed E-state index contributed by atoms with van der Waals surface area (Å²) >= 11 is 0. The van der Waals surface area contributed by atoms with Crippen LogP contribution in [0.15, 0.2) is 0 Å². The molecule has 5 nitrogen and oxygen atoms in total. The third-order valence-electron chi connectivity index (χ3n) is 2.49. The van der Waals surface area contributed by atoms with Crippen LogP contribution in [0, 0.1) is 0 Å². The van der Waals surface area contributed by atoms with E-state index in [1.165, 1.54) is 0 Å². The Kier molecular flexibility index (Phi) is 4.29. The largest absolute Gasteiger partial charge is 0.394 e. The number of rotatable bonds is 3. The van der Waals surface area contributed by atoms with Crippen molar-refractivity contribution in [2.45, 2.75) is 25.6 Å². The summed E-state index contributed by atoms with van der Waals surface area (Å²) in [5.41, 5.74) is -0.381. The zero-order chi connectivity index (χ0) is 12.3. The predicted molar refractivity (Wildman–Crippen MR) is 61.2 cm³/mol. The summed E-state index contributed by atoms with van der Waals surface area (Å²) in [6.07, 6.45) is -0.269. The van der Waals surface area contributed by atoms with Gasteiger partial charge in [-0.25, -0.2) is 0 Å². The average molecular weight is 230 g/mol. The van der Waals surface area contributed by atoms with Crippen molar-refractivity contribution in [2.75, 3.05) is 40.3 Å². The third kappa shape index (κ3) is 3.73. The Morgan fingerprint density at radius 1 is 1.56 bits per heavy atom. The molecule has 1 saturated heterocycles. The average Bonchev–Trinajstić information content (AvgIpc) is 2.14. The molecule has 0 aromatic carbocycles. The molecular formula is C11H22N2O3. The number of carbonyl (C=O) groups excluding carboxylic acids is 1. The first-order valence-corrected chi connectivity index (χ1v) is 5.55. The minimum atomic E-state index is -0.381. The molecule has 0 aromatic rings. The molecule has 1 rings (SSSR count). The normalized spacial score (nSPS) is 24.9. The van der Waals surface area contributed by atoms with Crippen molar-refractivity contribution < 1.29 is 14.6 Å². The number of carbonyl (C=O) groups is 1. The molecule has 0 bridgehead atoms. The van der Waals surface area contributed by atoms with Crippen LogP contribution in [0.3, 0.4) is 0 Å². The quantitative estimate of drug-likeness (QED) is 0.713. The second kappa shape index (κ2) is 5.12. The molecule has 1 fully saturated rings. The molecule has 1 heterocycles. The number of ether oxygens (including phenoxy) is 1. The predicted octanol–water partition coefficient (Wildman–Crippen LogP) is -0.454. The van der Waals surface area contributed by atoms with Crippen molar-refractivity contribution in [3.63, 3.8) is 0 Å². The molecule has 0 aliphatic carbocycles. The van der Waals surface area contributed by atoms with Gasteiger partial charge < -0.3 is 19.6 Å². The van der Waals surface area contributed by atoms with Crippen molar-refractivity contribution in [3.05, 3.63) is 0 Å². The fourth-order valence-electron chi connectivity index (χ4n) is 1.95. The third-order valence-corrected chi connectivity index (χ3v) is 2.49. The van der Waals surface area contributed by atoms with Crippen LogP contribution in [0.4, 0.5) is 0 Å². The van der Waals surface area contributed by atoms with Gasteiger partial charge in [-0.05, 0) is 27.9 Å². The first kappa shape index (κ1) is 13.4. The lowest BCUT2D eigenvalue weighted by molar-refractivity contribution is -0.167. The van der Waals surface area contributed by atoms with Crippen molar-refractivity contribution in [1.29, 1.82) is 0 Å². The highest BCUT2D eigenvalue weighted by Gasteiger charge is 2.35. The lowest BCUT2D eigenvalue weighted by Gasteiger charge is -2.42. The van der Waals surface area contributed by atoms with Crippen molar-refractivity contribution >= 4 is 5.91 Å². The van der Waals surface area contributed by atoms with Gasteiger partial charge in [-0.2, -0.15) is 0 Å². The van der Waals surface area contributed by atoms with Gasteiger partial charge in [0.15, 0.2) is 0 Å². The van der Waals surface area contributed by atoms with Gasteiger partial charge in [0.1, 0.15) is 0 Å². The number of amides is 1. The summed E-state index contributed by atoms with van der Waals surface area (Å²) in [5.74, 6) is 0.0832. The fourth-order valence-corrected chi connectivity index (χ4v) is 1.95. The van der Waals surface area contributed by atoms with Crippen LogP contribution in [0.25, 0.3) is 0 Å². The zero-order valence-electron chi connectivity index (χ0n) is 10.6. The van der Waals surface area contributed by atoms with E-state index >= 15 is 0 Å². The van der Waals surface area contributed by atoms with Crippen molar-refractivity contribution in [3.8, 4) is 0 Å². The molecule has 1 amide bonds. The summed E-state index contributed by atoms with van der Waals surface area (Å²) < 4.78 is 5.65. The van der Waals surface area contributed by atoms with Gasteiger partial charge in [0.25, 0.3) is 0 Å². The van der Waals surface area contributed by atoms with E-state index in [4.69, 9.17) is 9.84 Å². The van der Waals surface area contributed by atoms with E-state index in [0.717, 1.165) is 0 Å². The monoisotopic (exact) mass is 230 g/mol. The second-order valence-corrected chi connectivity index (χ2v) is 5.19. The lowest BCUT2D eigenvalue weighted by atomic mass is 10.1. The molecule has 1 aliphatic rings. The lowest BCUT2D eigenvalue weighted by Crippen LogP contribution is -2.56. The first-order chi connectivity index (χ1) is 7.34. The Bertz CT molecular complexity index is 254. The molecule has 0 radical (unpaired) electrons. The number of likely N-dealkylation sites (N-methyl/N-ethyl adjacent to an activating group) is 1. The highest BCUT2D eigenvalue weighted by atomic mass is 16.5. The Morgan fingerprint density at radius 2 is 2.19 bits per heavy atom. The second-order valence-electron chi connectivity index (χ2n) is 5.19. The number of hydrogen-bond acceptors (Lipinski definition) is 4. The van der Waals surface area contributed by atoms with E-state index in [1.807, 2.05) is 32.8 Å². The van der Waals surface area contributed by atoms with E-state index < -0.39 is 0 Å². The summed E-state index contributed by atoms with van der Waals surface area (Å²) in [7, 11) is 3.74. The highest BCUT2D eigenvalue weighted by Crippen LogP contribution is 2.20. The smallest absolute Gasteiger partial charge is 0.236 e. The number of hydrogen-bond donors (Lipinski definition) is 1. The van der Waals surface area contributed by atoms with Crippen molar-refractivity contribution in [1.82, 2.24) is 9.80 Å². The van der Waals surface area contributed by atoms with E-state index in [2.05, 4.69) is 0 Å². The Morgan fingerprint density at radius 3 is 2.69 bits per heavy atom. The molecule has 0 saturated carbocycles. The van der Waals surface area contributed by atoms with E-state index in [0.29, 0.717) is 19.6 Å². The summed E-state index contributed by atoms with van der Waals surface area (Å²) in [6, 6.07) is 0. The Labute approximate surface area is 97.0 Å². The Hall–Kier alpha value is -0.650. The minimum Gasteiger partial charge on any atom is -0.394 e. The van der Waals surface area contributed by atoms with Crippen LogP contribution in [0.2, 0.25) is 0 Å². The molecule has 0 aromatic heterocycles. The van der Waals surface area contributed by atoms with Crippen LogP contribution in [-0.2, 0) is 9.53 Å². The van der Waals surface area contributed by atoms with Gasteiger partial charge in [-0.3, -0.25) is 4.79 Å². The van der Waals surface area contributed by atoms with Crippen LogP contribution in [0.5, 0.6) is 0 Å². The maximum Gasteiger partial charge on any atom is 0.236 e. The van der Waals surface area contributed by atoms with Crippen LogP contribution in [0.1, 0.15) is 13.8 Å². The van der Waals surface area contributed by atoms with Gasteiger partial charge in [0.05, 0.1) is 24.9 Å². The number of morpholine rings is 1. The van der Waals surface area contributed by atoms with Gasteiger partial charge in [-0.15, -0.1) is 0 Å². The highest BCUT2D eigenvalue weighted by molar-refractivity contribution is 5.78. The van der Waals surface area contributed by atoms with Crippen LogP contribution in [-0.4, -0.2) is 72.9 Å². The molecule has 1 N–H and O–H groups in total. The standard InChI is InChI=1S/C11H22N2O3/c1-11(2)8-13(5-9(7-14)16-11)10(15)6-12(3)4/h9,14H,5-8H2,1-4H3. The fraction of sp³-hybridized carbons (Fsp3) is 0.909. The van der Waals surface area contributed by atoms with Gasteiger partial charge in [0, 0.05) is 13.1 Å². The molecule has 5 heteroatoms. The first-order valence-electron chi connectivity index (χ1n) is 5.55. The molecule has 16 heavy (non-hydrogen) atoms. The molecule has 94 valence electrons.